The number of fused-ring (bicyclic) bond motifs is 2. The molecule has 0 aromatic heterocycles. The van der Waals surface area contributed by atoms with Crippen molar-refractivity contribution in [1.29, 1.82) is 0 Å². The molecule has 2 atom stereocenters. The van der Waals surface area contributed by atoms with Gasteiger partial charge >= 0.3 is 6.09 Å². The van der Waals surface area contributed by atoms with Crippen LogP contribution in [-0.4, -0.2) is 34.6 Å². The molecule has 37 heavy (non-hydrogen) atoms. The van der Waals surface area contributed by atoms with Gasteiger partial charge in [0.25, 0.3) is 0 Å². The van der Waals surface area contributed by atoms with Crippen molar-refractivity contribution >= 4 is 17.7 Å². The molecule has 5 heteroatoms. The fourth-order valence-corrected chi connectivity index (χ4v) is 5.26. The zero-order chi connectivity index (χ0) is 26.8. The molecule has 2 unspecified atom stereocenters. The molecule has 0 spiro atoms. The van der Waals surface area contributed by atoms with Gasteiger partial charge < -0.3 is 9.64 Å². The number of unbranched alkanes of at least 4 members (excludes halogenated alkanes) is 6. The Labute approximate surface area is 222 Å². The second-order valence-corrected chi connectivity index (χ2v) is 10.4. The van der Waals surface area contributed by atoms with Crippen molar-refractivity contribution in [1.82, 2.24) is 4.90 Å². The van der Waals surface area contributed by atoms with Crippen molar-refractivity contribution in [2.45, 2.75) is 111 Å². The second kappa shape index (κ2) is 14.1. The Hall–Kier alpha value is -2.95. The smallest absolute Gasteiger partial charge is 0.410 e. The van der Waals surface area contributed by atoms with E-state index in [1.807, 2.05) is 4.90 Å². The lowest BCUT2D eigenvalue weighted by atomic mass is 9.83. The summed E-state index contributed by atoms with van der Waals surface area (Å²) in [5.74, 6) is -0.310. The average molecular weight is 506 g/mol. The van der Waals surface area contributed by atoms with E-state index in [0.29, 0.717) is 27.8 Å². The third-order valence-electron chi connectivity index (χ3n) is 7.46. The van der Waals surface area contributed by atoms with E-state index in [1.54, 1.807) is 42.5 Å². The highest BCUT2D eigenvalue weighted by Crippen LogP contribution is 2.28. The van der Waals surface area contributed by atoms with E-state index < -0.39 is 0 Å². The van der Waals surface area contributed by atoms with E-state index in [0.717, 1.165) is 25.7 Å². The Balaban J connectivity index is 1.69. The summed E-state index contributed by atoms with van der Waals surface area (Å²) in [5, 5.41) is 0. The number of hydrogen-bond donors (Lipinski definition) is 0. The molecule has 1 aliphatic rings. The van der Waals surface area contributed by atoms with Crippen LogP contribution in [0.1, 0.15) is 129 Å². The van der Waals surface area contributed by atoms with Crippen molar-refractivity contribution < 1.29 is 19.1 Å². The molecule has 0 radical (unpaired) electrons. The van der Waals surface area contributed by atoms with E-state index in [2.05, 4.69) is 27.7 Å². The molecule has 0 saturated heterocycles. The van der Waals surface area contributed by atoms with Crippen molar-refractivity contribution in [2.75, 3.05) is 0 Å². The molecule has 3 rings (SSSR count). The zero-order valence-electron chi connectivity index (χ0n) is 23.1. The highest BCUT2D eigenvalue weighted by atomic mass is 16.6. The molecule has 200 valence electrons. The topological polar surface area (TPSA) is 63.7 Å². The lowest BCUT2D eigenvalue weighted by molar-refractivity contribution is 0.0625. The first-order valence-corrected chi connectivity index (χ1v) is 14.1. The largest absolute Gasteiger partial charge is 0.445 e. The summed E-state index contributed by atoms with van der Waals surface area (Å²) in [6.07, 6.45) is 11.0. The van der Waals surface area contributed by atoms with E-state index in [1.165, 1.54) is 38.5 Å². The number of ketones is 2. The Bertz CT molecular complexity index is 1060. The van der Waals surface area contributed by atoms with Crippen LogP contribution in [-0.2, 0) is 11.3 Å². The van der Waals surface area contributed by atoms with Gasteiger partial charge in [0.05, 0.1) is 0 Å². The number of ether oxygens (including phenoxy) is 1. The lowest BCUT2D eigenvalue weighted by Gasteiger charge is -2.34. The van der Waals surface area contributed by atoms with Crippen LogP contribution in [0.15, 0.2) is 42.5 Å². The van der Waals surface area contributed by atoms with Crippen molar-refractivity contribution in [2.24, 2.45) is 0 Å². The second-order valence-electron chi connectivity index (χ2n) is 10.4. The van der Waals surface area contributed by atoms with Crippen LogP contribution in [0.3, 0.4) is 0 Å². The Kier molecular flexibility index (Phi) is 10.9. The third kappa shape index (κ3) is 7.30. The minimum atomic E-state index is -0.309. The fourth-order valence-electron chi connectivity index (χ4n) is 5.26. The first kappa shape index (κ1) is 28.6. The summed E-state index contributed by atoms with van der Waals surface area (Å²) in [4.78, 5) is 41.2. The number of rotatable bonds is 14. The normalized spacial score (nSPS) is 14.1. The summed E-state index contributed by atoms with van der Waals surface area (Å²) in [6, 6.07) is 12.3. The van der Waals surface area contributed by atoms with Gasteiger partial charge in [0.1, 0.15) is 6.61 Å². The zero-order valence-corrected chi connectivity index (χ0v) is 23.1. The number of benzene rings is 2. The minimum absolute atomic E-state index is 0.0663. The van der Waals surface area contributed by atoms with E-state index in [-0.39, 0.29) is 36.4 Å². The van der Waals surface area contributed by atoms with Crippen LogP contribution in [0.4, 0.5) is 4.79 Å². The summed E-state index contributed by atoms with van der Waals surface area (Å²) in [6.45, 7) is 8.71. The van der Waals surface area contributed by atoms with Gasteiger partial charge in [-0.3, -0.25) is 9.59 Å². The maximum atomic E-state index is 13.3. The molecule has 0 saturated carbocycles. The molecule has 0 N–H and O–H groups in total. The number of carbonyl (C=O) groups excluding carboxylic acids is 3. The molecule has 5 nitrogen and oxygen atoms in total. The quantitative estimate of drug-likeness (QED) is 0.208. The van der Waals surface area contributed by atoms with Crippen molar-refractivity contribution in [3.8, 4) is 0 Å². The lowest BCUT2D eigenvalue weighted by Crippen LogP contribution is -2.45. The molecule has 0 heterocycles. The average Bonchev–Trinajstić information content (AvgIpc) is 2.91. The predicted octanol–water partition coefficient (Wildman–Crippen LogP) is 8.12. The first-order chi connectivity index (χ1) is 17.9. The molecular weight excluding hydrogens is 462 g/mol. The Morgan fingerprint density at radius 3 is 1.78 bits per heavy atom. The van der Waals surface area contributed by atoms with Crippen LogP contribution in [0.2, 0.25) is 0 Å². The van der Waals surface area contributed by atoms with E-state index in [9.17, 15) is 14.4 Å². The van der Waals surface area contributed by atoms with E-state index in [4.69, 9.17) is 4.74 Å². The standard InChI is InChI=1S/C32H43NO4/c1-5-7-9-11-15-23(3)33(24(4)16-12-10-8-6-2)32(36)37-22-25-19-20-28-29(21-25)31(35)27-18-14-13-17-26(27)30(28)34/h13-14,17-21,23-24H,5-12,15-16,22H2,1-4H3. The third-order valence-corrected chi connectivity index (χ3v) is 7.46. The summed E-state index contributed by atoms with van der Waals surface area (Å²) in [7, 11) is 0. The van der Waals surface area contributed by atoms with Gasteiger partial charge in [-0.05, 0) is 44.4 Å². The van der Waals surface area contributed by atoms with Gasteiger partial charge in [-0.1, -0.05) is 95.5 Å². The molecular formula is C32H43NO4. The maximum Gasteiger partial charge on any atom is 0.410 e. The first-order valence-electron chi connectivity index (χ1n) is 14.1. The van der Waals surface area contributed by atoms with Gasteiger partial charge in [-0.15, -0.1) is 0 Å². The van der Waals surface area contributed by atoms with Crippen LogP contribution in [0, 0.1) is 0 Å². The van der Waals surface area contributed by atoms with Gasteiger partial charge in [-0.2, -0.15) is 0 Å². The fraction of sp³-hybridized carbons (Fsp3) is 0.531. The highest BCUT2D eigenvalue weighted by molar-refractivity contribution is 6.28. The van der Waals surface area contributed by atoms with Crippen LogP contribution in [0.5, 0.6) is 0 Å². The van der Waals surface area contributed by atoms with Gasteiger partial charge in [0.15, 0.2) is 11.6 Å². The highest BCUT2D eigenvalue weighted by Gasteiger charge is 2.30. The Morgan fingerprint density at radius 2 is 1.24 bits per heavy atom. The molecule has 1 amide bonds. The minimum Gasteiger partial charge on any atom is -0.445 e. The van der Waals surface area contributed by atoms with Crippen molar-refractivity contribution in [3.63, 3.8) is 0 Å². The number of hydrogen-bond acceptors (Lipinski definition) is 4. The van der Waals surface area contributed by atoms with Gasteiger partial charge in [0.2, 0.25) is 0 Å². The molecule has 2 aromatic rings. The summed E-state index contributed by atoms with van der Waals surface area (Å²) < 4.78 is 5.80. The Morgan fingerprint density at radius 1 is 0.730 bits per heavy atom. The van der Waals surface area contributed by atoms with Crippen LogP contribution < -0.4 is 0 Å². The molecule has 0 bridgehead atoms. The summed E-state index contributed by atoms with van der Waals surface area (Å²) in [5.41, 5.74) is 2.35. The maximum absolute atomic E-state index is 13.3. The number of nitrogens with zero attached hydrogens (tertiary/aromatic N) is 1. The SMILES string of the molecule is CCCCCCC(C)N(C(=O)OCc1ccc2c(c1)C(=O)c1ccccc1C2=O)C(C)CCCCCC. The molecule has 0 fully saturated rings. The number of amides is 1. The van der Waals surface area contributed by atoms with Crippen molar-refractivity contribution in [3.05, 3.63) is 70.3 Å². The van der Waals surface area contributed by atoms with Crippen LogP contribution >= 0.6 is 0 Å². The predicted molar refractivity (Wildman–Crippen MR) is 148 cm³/mol. The monoisotopic (exact) mass is 505 g/mol. The summed E-state index contributed by atoms with van der Waals surface area (Å²) >= 11 is 0. The number of carbonyl (C=O) groups is 3. The molecule has 0 aliphatic heterocycles. The van der Waals surface area contributed by atoms with Gasteiger partial charge in [0, 0.05) is 34.3 Å². The van der Waals surface area contributed by atoms with Gasteiger partial charge in [-0.25, -0.2) is 4.79 Å². The molecule has 1 aliphatic carbocycles. The van der Waals surface area contributed by atoms with E-state index >= 15 is 0 Å². The van der Waals surface area contributed by atoms with Crippen LogP contribution in [0.25, 0.3) is 0 Å². The molecule has 2 aromatic carbocycles.